The summed E-state index contributed by atoms with van der Waals surface area (Å²) < 4.78 is 3.96. The van der Waals surface area contributed by atoms with Crippen molar-refractivity contribution in [1.29, 1.82) is 0 Å². The largest absolute Gasteiger partial charge is 0.351 e. The van der Waals surface area contributed by atoms with Gasteiger partial charge in [0, 0.05) is 26.0 Å². The Hall–Kier alpha value is -3.09. The number of nitrogens with zero attached hydrogens (tertiary/aromatic N) is 5. The van der Waals surface area contributed by atoms with Gasteiger partial charge in [0.2, 0.25) is 0 Å². The van der Waals surface area contributed by atoms with E-state index in [4.69, 9.17) is 5.10 Å². The number of hydrogen-bond donors (Lipinski definition) is 2. The van der Waals surface area contributed by atoms with Crippen LogP contribution in [0.1, 0.15) is 29.1 Å². The zero-order chi connectivity index (χ0) is 18.6. The van der Waals surface area contributed by atoms with Gasteiger partial charge in [0.15, 0.2) is 5.96 Å². The number of nitrogens with one attached hydrogen (secondary N) is 2. The van der Waals surface area contributed by atoms with E-state index in [9.17, 15) is 0 Å². The van der Waals surface area contributed by atoms with E-state index in [-0.39, 0.29) is 0 Å². The molecule has 140 valence electrons. The number of aliphatic imine (C=N–C) groups is 1. The maximum atomic E-state index is 4.89. The summed E-state index contributed by atoms with van der Waals surface area (Å²) in [4.78, 5) is 4.32. The molecule has 0 unspecified atom stereocenters. The average molecular weight is 363 g/mol. The maximum absolute atomic E-state index is 4.89. The zero-order valence-electron chi connectivity index (χ0n) is 15.8. The fourth-order valence-corrected chi connectivity index (χ4v) is 3.58. The molecule has 0 aliphatic heterocycles. The third-order valence-corrected chi connectivity index (χ3v) is 5.02. The van der Waals surface area contributed by atoms with Crippen LogP contribution in [-0.4, -0.2) is 32.6 Å². The molecule has 3 aromatic rings. The minimum Gasteiger partial charge on any atom is -0.351 e. The Morgan fingerprint density at radius 3 is 2.67 bits per heavy atom. The van der Waals surface area contributed by atoms with Crippen LogP contribution in [0.3, 0.4) is 0 Å². The van der Waals surface area contributed by atoms with Gasteiger partial charge in [0.1, 0.15) is 0 Å². The van der Waals surface area contributed by atoms with Gasteiger partial charge in [-0.15, -0.1) is 0 Å². The van der Waals surface area contributed by atoms with Crippen LogP contribution < -0.4 is 10.6 Å². The van der Waals surface area contributed by atoms with E-state index in [1.54, 1.807) is 13.2 Å². The smallest absolute Gasteiger partial charge is 0.191 e. The lowest BCUT2D eigenvalue weighted by atomic mass is 10.2. The monoisotopic (exact) mass is 363 g/mol. The Morgan fingerprint density at radius 1 is 1.11 bits per heavy atom. The van der Waals surface area contributed by atoms with Gasteiger partial charge in [-0.2, -0.15) is 10.2 Å². The Labute approximate surface area is 159 Å². The molecule has 0 bridgehead atoms. The van der Waals surface area contributed by atoms with Crippen LogP contribution >= 0.6 is 0 Å². The van der Waals surface area contributed by atoms with E-state index in [1.807, 2.05) is 23.9 Å². The molecule has 7 nitrogen and oxygen atoms in total. The van der Waals surface area contributed by atoms with Gasteiger partial charge in [-0.1, -0.05) is 18.2 Å². The summed E-state index contributed by atoms with van der Waals surface area (Å²) in [6.07, 6.45) is 5.18. The van der Waals surface area contributed by atoms with Crippen LogP contribution in [0, 0.1) is 0 Å². The van der Waals surface area contributed by atoms with E-state index < -0.39 is 0 Å². The number of fused-ring (bicyclic) bond motifs is 1. The summed E-state index contributed by atoms with van der Waals surface area (Å²) in [7, 11) is 3.72. The molecule has 0 saturated heterocycles. The number of para-hydroxylation sites is 1. The molecule has 0 spiro atoms. The topological polar surface area (TPSA) is 72.1 Å². The number of aryl methyl sites for hydroxylation is 1. The van der Waals surface area contributed by atoms with Crippen molar-refractivity contribution in [3.05, 3.63) is 65.2 Å². The first-order valence-corrected chi connectivity index (χ1v) is 9.32. The molecule has 2 aromatic heterocycles. The molecule has 1 aliphatic rings. The second-order valence-corrected chi connectivity index (χ2v) is 6.70. The van der Waals surface area contributed by atoms with Crippen LogP contribution in [0.25, 0.3) is 5.69 Å². The van der Waals surface area contributed by atoms with Crippen molar-refractivity contribution < 1.29 is 0 Å². The molecule has 2 heterocycles. The predicted molar refractivity (Wildman–Crippen MR) is 106 cm³/mol. The molecule has 0 atom stereocenters. The Morgan fingerprint density at radius 2 is 1.93 bits per heavy atom. The minimum absolute atomic E-state index is 0.660. The van der Waals surface area contributed by atoms with Crippen LogP contribution in [0.4, 0.5) is 0 Å². The van der Waals surface area contributed by atoms with E-state index in [1.165, 1.54) is 17.7 Å². The first-order valence-electron chi connectivity index (χ1n) is 9.32. The number of benzene rings is 1. The molecule has 2 N–H and O–H groups in total. The van der Waals surface area contributed by atoms with Crippen LogP contribution in [0.2, 0.25) is 0 Å². The second kappa shape index (κ2) is 7.65. The lowest BCUT2D eigenvalue weighted by Crippen LogP contribution is -2.37. The van der Waals surface area contributed by atoms with Crippen LogP contribution in [0.5, 0.6) is 0 Å². The Balaban J connectivity index is 1.46. The third-order valence-electron chi connectivity index (χ3n) is 5.02. The van der Waals surface area contributed by atoms with Crippen molar-refractivity contribution in [1.82, 2.24) is 30.2 Å². The molecule has 27 heavy (non-hydrogen) atoms. The number of hydrogen-bond acceptors (Lipinski definition) is 3. The van der Waals surface area contributed by atoms with E-state index in [0.29, 0.717) is 13.1 Å². The lowest BCUT2D eigenvalue weighted by Gasteiger charge is -2.11. The Kier molecular flexibility index (Phi) is 4.91. The van der Waals surface area contributed by atoms with Crippen LogP contribution in [0.15, 0.2) is 47.6 Å². The SMILES string of the molecule is CN=C(NCc1nn(-c2ccccc2)c2c1CCC2)NCc1ccnn1C. The molecule has 0 saturated carbocycles. The number of aromatic nitrogens is 4. The molecule has 1 aromatic carbocycles. The van der Waals surface area contributed by atoms with Crippen molar-refractivity contribution in [2.75, 3.05) is 7.05 Å². The molecular formula is C20H25N7. The average Bonchev–Trinajstić information content (AvgIpc) is 3.40. The summed E-state index contributed by atoms with van der Waals surface area (Å²) >= 11 is 0. The van der Waals surface area contributed by atoms with E-state index >= 15 is 0 Å². The fraction of sp³-hybridized carbons (Fsp3) is 0.350. The quantitative estimate of drug-likeness (QED) is 0.537. The molecule has 0 fully saturated rings. The highest BCUT2D eigenvalue weighted by Crippen LogP contribution is 2.27. The number of rotatable bonds is 5. The minimum atomic E-state index is 0.660. The van der Waals surface area contributed by atoms with E-state index in [0.717, 1.165) is 35.9 Å². The first-order chi connectivity index (χ1) is 13.3. The van der Waals surface area contributed by atoms with Gasteiger partial charge in [-0.3, -0.25) is 9.67 Å². The highest BCUT2D eigenvalue weighted by molar-refractivity contribution is 5.79. The molecule has 0 amide bonds. The maximum Gasteiger partial charge on any atom is 0.191 e. The highest BCUT2D eigenvalue weighted by atomic mass is 15.3. The standard InChI is InChI=1S/C20H25N7/c1-21-20(22-13-16-11-12-24-26(16)2)23-14-18-17-9-6-10-19(17)27(25-18)15-7-4-3-5-8-15/h3-5,7-8,11-12H,6,9-10,13-14H2,1-2H3,(H2,21,22,23). The van der Waals surface area contributed by atoms with Crippen molar-refractivity contribution in [3.63, 3.8) is 0 Å². The van der Waals surface area contributed by atoms with Crippen molar-refractivity contribution in [2.45, 2.75) is 32.4 Å². The van der Waals surface area contributed by atoms with Gasteiger partial charge < -0.3 is 10.6 Å². The summed E-state index contributed by atoms with van der Waals surface area (Å²) in [5, 5.41) is 15.8. The molecule has 1 aliphatic carbocycles. The van der Waals surface area contributed by atoms with Crippen molar-refractivity contribution >= 4 is 5.96 Å². The van der Waals surface area contributed by atoms with Gasteiger partial charge in [-0.05, 0) is 43.0 Å². The highest BCUT2D eigenvalue weighted by Gasteiger charge is 2.23. The van der Waals surface area contributed by atoms with Crippen molar-refractivity contribution in [2.24, 2.45) is 12.0 Å². The summed E-state index contributed by atoms with van der Waals surface area (Å²) in [5.41, 5.74) is 6.06. The van der Waals surface area contributed by atoms with Crippen LogP contribution in [-0.2, 0) is 33.0 Å². The summed E-state index contributed by atoms with van der Waals surface area (Å²) in [5.74, 6) is 0.761. The summed E-state index contributed by atoms with van der Waals surface area (Å²) in [6.45, 7) is 1.33. The molecule has 7 heteroatoms. The first kappa shape index (κ1) is 17.3. The summed E-state index contributed by atoms with van der Waals surface area (Å²) in [6, 6.07) is 12.4. The zero-order valence-corrected chi connectivity index (χ0v) is 15.8. The molecule has 4 rings (SSSR count). The third kappa shape index (κ3) is 3.58. The van der Waals surface area contributed by atoms with Gasteiger partial charge >= 0.3 is 0 Å². The predicted octanol–water partition coefficient (Wildman–Crippen LogP) is 1.96. The van der Waals surface area contributed by atoms with E-state index in [2.05, 4.69) is 49.7 Å². The lowest BCUT2D eigenvalue weighted by molar-refractivity contribution is 0.681. The van der Waals surface area contributed by atoms with Crippen molar-refractivity contribution in [3.8, 4) is 5.69 Å². The second-order valence-electron chi connectivity index (χ2n) is 6.70. The molecule has 0 radical (unpaired) electrons. The normalized spacial score (nSPS) is 13.6. The number of guanidine groups is 1. The van der Waals surface area contributed by atoms with Gasteiger partial charge in [0.05, 0.1) is 30.2 Å². The fourth-order valence-electron chi connectivity index (χ4n) is 3.58. The Bertz CT molecular complexity index is 937. The van der Waals surface area contributed by atoms with Gasteiger partial charge in [-0.25, -0.2) is 4.68 Å². The molecular weight excluding hydrogens is 338 g/mol. The van der Waals surface area contributed by atoms with Gasteiger partial charge in [0.25, 0.3) is 0 Å².